The van der Waals surface area contributed by atoms with Gasteiger partial charge in [-0.1, -0.05) is 61.7 Å². The van der Waals surface area contributed by atoms with E-state index in [0.717, 1.165) is 17.9 Å². The molecule has 2 atom stereocenters. The smallest absolute Gasteiger partial charge is 0.337 e. The summed E-state index contributed by atoms with van der Waals surface area (Å²) in [6, 6.07) is 16.0. The minimum absolute atomic E-state index is 0.403. The first kappa shape index (κ1) is 23.9. The molecule has 2 aromatic rings. The van der Waals surface area contributed by atoms with E-state index in [1.54, 1.807) is 30.3 Å². The second-order valence-electron chi connectivity index (χ2n) is 7.63. The van der Waals surface area contributed by atoms with Crippen molar-refractivity contribution >= 4 is 5.97 Å². The van der Waals surface area contributed by atoms with Crippen molar-refractivity contribution in [3.05, 3.63) is 65.7 Å². The predicted molar refractivity (Wildman–Crippen MR) is 116 cm³/mol. The second-order valence-corrected chi connectivity index (χ2v) is 7.63. The summed E-state index contributed by atoms with van der Waals surface area (Å²) >= 11 is 0. The van der Waals surface area contributed by atoms with Crippen LogP contribution in [0.2, 0.25) is 0 Å². The van der Waals surface area contributed by atoms with Crippen molar-refractivity contribution in [2.75, 3.05) is 13.2 Å². The lowest BCUT2D eigenvalue weighted by atomic mass is 9.90. The summed E-state index contributed by atoms with van der Waals surface area (Å²) in [6.45, 7) is 1.30. The lowest BCUT2D eigenvalue weighted by Gasteiger charge is -2.22. The molecule has 1 aliphatic rings. The Bertz CT molecular complexity index is 746. The largest absolute Gasteiger partial charge is 0.493 e. The molecule has 2 aromatic carbocycles. The molecule has 1 unspecified atom stereocenters. The number of benzene rings is 2. The summed E-state index contributed by atoms with van der Waals surface area (Å²) in [5, 5.41) is 27.3. The number of carboxylic acid groups (broad SMARTS) is 1. The highest BCUT2D eigenvalue weighted by molar-refractivity contribution is 5.73. The number of ether oxygens (including phenoxy) is 1. The van der Waals surface area contributed by atoms with Crippen LogP contribution in [-0.2, 0) is 4.79 Å². The molecular formula is C24H33NO5. The van der Waals surface area contributed by atoms with E-state index in [1.165, 1.54) is 32.1 Å². The van der Waals surface area contributed by atoms with E-state index >= 15 is 0 Å². The maximum absolute atomic E-state index is 10.2. The topological polar surface area (TPSA) is 113 Å². The molecule has 3 rings (SSSR count). The van der Waals surface area contributed by atoms with Gasteiger partial charge in [-0.2, -0.15) is 0 Å². The number of hydrogen-bond acceptors (Lipinski definition) is 5. The van der Waals surface area contributed by atoms with Gasteiger partial charge in [-0.3, -0.25) is 0 Å². The summed E-state index contributed by atoms with van der Waals surface area (Å²) in [5.41, 5.74) is 6.77. The Morgan fingerprint density at radius 1 is 1.00 bits per heavy atom. The average Bonchev–Trinajstić information content (AvgIpc) is 2.79. The zero-order valence-electron chi connectivity index (χ0n) is 17.3. The van der Waals surface area contributed by atoms with Gasteiger partial charge in [0.05, 0.1) is 12.7 Å². The third-order valence-corrected chi connectivity index (χ3v) is 5.24. The zero-order valence-corrected chi connectivity index (χ0v) is 17.3. The van der Waals surface area contributed by atoms with Gasteiger partial charge < -0.3 is 25.8 Å². The number of aliphatic hydroxyl groups excluding tert-OH is 2. The van der Waals surface area contributed by atoms with Crippen LogP contribution in [0.3, 0.4) is 0 Å². The maximum atomic E-state index is 10.2. The average molecular weight is 416 g/mol. The highest BCUT2D eigenvalue weighted by Crippen LogP contribution is 2.26. The van der Waals surface area contributed by atoms with Gasteiger partial charge in [0.15, 0.2) is 6.10 Å². The molecule has 0 heterocycles. The number of nitrogens with two attached hydrogens (primary N) is 1. The predicted octanol–water partition coefficient (Wildman–Crippen LogP) is 3.83. The molecule has 5 N–H and O–H groups in total. The minimum Gasteiger partial charge on any atom is -0.493 e. The van der Waals surface area contributed by atoms with Gasteiger partial charge in [-0.25, -0.2) is 4.79 Å². The van der Waals surface area contributed by atoms with Crippen LogP contribution >= 0.6 is 0 Å². The van der Waals surface area contributed by atoms with Crippen molar-refractivity contribution < 1.29 is 24.9 Å². The van der Waals surface area contributed by atoms with Crippen LogP contribution in [0.25, 0.3) is 0 Å². The Balaban J connectivity index is 0.000000248. The summed E-state index contributed by atoms with van der Waals surface area (Å²) in [7, 11) is 0. The van der Waals surface area contributed by atoms with E-state index < -0.39 is 18.2 Å². The Morgan fingerprint density at radius 3 is 2.30 bits per heavy atom. The number of carboxylic acids is 1. The van der Waals surface area contributed by atoms with Gasteiger partial charge >= 0.3 is 5.97 Å². The molecule has 0 saturated heterocycles. The SMILES string of the molecule is NCC[C@@H](O)c1cccc(OCC2CCCCC2)c1.O=C(O)C(O)c1ccccc1. The number of aliphatic hydroxyl groups is 2. The van der Waals surface area contributed by atoms with Gasteiger partial charge in [-0.15, -0.1) is 0 Å². The molecule has 164 valence electrons. The lowest BCUT2D eigenvalue weighted by molar-refractivity contribution is -0.146. The molecule has 0 spiro atoms. The maximum Gasteiger partial charge on any atom is 0.337 e. The molecular weight excluding hydrogens is 382 g/mol. The monoisotopic (exact) mass is 415 g/mol. The molecule has 1 saturated carbocycles. The van der Waals surface area contributed by atoms with E-state index in [0.29, 0.717) is 24.4 Å². The van der Waals surface area contributed by atoms with Gasteiger partial charge in [0.1, 0.15) is 5.75 Å². The first-order valence-electron chi connectivity index (χ1n) is 10.6. The van der Waals surface area contributed by atoms with Crippen molar-refractivity contribution in [1.29, 1.82) is 0 Å². The summed E-state index contributed by atoms with van der Waals surface area (Å²) in [6.07, 6.45) is 5.32. The quantitative estimate of drug-likeness (QED) is 0.521. The van der Waals surface area contributed by atoms with Crippen molar-refractivity contribution in [2.45, 2.75) is 50.7 Å². The fourth-order valence-electron chi connectivity index (χ4n) is 3.48. The number of rotatable bonds is 8. The third-order valence-electron chi connectivity index (χ3n) is 5.24. The Labute approximate surface area is 178 Å². The van der Waals surface area contributed by atoms with Crippen LogP contribution in [0, 0.1) is 5.92 Å². The van der Waals surface area contributed by atoms with Crippen molar-refractivity contribution in [3.63, 3.8) is 0 Å². The van der Waals surface area contributed by atoms with E-state index in [9.17, 15) is 9.90 Å². The highest BCUT2D eigenvalue weighted by atomic mass is 16.5. The standard InChI is InChI=1S/C16H25NO2.C8H8O3/c17-10-9-16(18)14-7-4-8-15(11-14)19-12-13-5-2-1-3-6-13;9-7(8(10)11)6-4-2-1-3-5-6/h4,7-8,11,13,16,18H,1-3,5-6,9-10,12,17H2;1-5,7,9H,(H,10,11)/t16-;/m1./s1. The van der Waals surface area contributed by atoms with Crippen LogP contribution in [0.4, 0.5) is 0 Å². The fourth-order valence-corrected chi connectivity index (χ4v) is 3.48. The summed E-state index contributed by atoms with van der Waals surface area (Å²) in [5.74, 6) is 0.335. The van der Waals surface area contributed by atoms with Gasteiger partial charge in [0, 0.05) is 0 Å². The number of hydrogen-bond donors (Lipinski definition) is 4. The van der Waals surface area contributed by atoms with E-state index in [-0.39, 0.29) is 0 Å². The van der Waals surface area contributed by atoms with Crippen LogP contribution in [-0.4, -0.2) is 34.4 Å². The normalized spacial score (nSPS) is 16.1. The van der Waals surface area contributed by atoms with Gasteiger partial charge in [0.2, 0.25) is 0 Å². The van der Waals surface area contributed by atoms with Crippen LogP contribution in [0.5, 0.6) is 5.75 Å². The Kier molecular flexibility index (Phi) is 10.3. The van der Waals surface area contributed by atoms with Crippen LogP contribution in [0.15, 0.2) is 54.6 Å². The molecule has 1 aliphatic carbocycles. The summed E-state index contributed by atoms with van der Waals surface area (Å²) in [4.78, 5) is 10.2. The molecule has 0 aliphatic heterocycles. The van der Waals surface area contributed by atoms with Gasteiger partial charge in [-0.05, 0) is 55.0 Å². The molecule has 6 nitrogen and oxygen atoms in total. The lowest BCUT2D eigenvalue weighted by Crippen LogP contribution is -2.15. The molecule has 0 aromatic heterocycles. The number of aliphatic carboxylic acids is 1. The van der Waals surface area contributed by atoms with E-state index in [2.05, 4.69) is 0 Å². The van der Waals surface area contributed by atoms with Crippen LogP contribution in [0.1, 0.15) is 61.9 Å². The molecule has 0 amide bonds. The second kappa shape index (κ2) is 13.0. The third kappa shape index (κ3) is 8.14. The Morgan fingerprint density at radius 2 is 1.67 bits per heavy atom. The van der Waals surface area contributed by atoms with Crippen molar-refractivity contribution in [1.82, 2.24) is 0 Å². The van der Waals surface area contributed by atoms with Crippen molar-refractivity contribution in [2.24, 2.45) is 11.7 Å². The fraction of sp³-hybridized carbons (Fsp3) is 0.458. The molecule has 6 heteroatoms. The zero-order chi connectivity index (χ0) is 21.8. The van der Waals surface area contributed by atoms with Gasteiger partial charge in [0.25, 0.3) is 0 Å². The van der Waals surface area contributed by atoms with E-state index in [4.69, 9.17) is 20.7 Å². The first-order chi connectivity index (χ1) is 14.5. The van der Waals surface area contributed by atoms with Crippen molar-refractivity contribution in [3.8, 4) is 5.75 Å². The number of carbonyl (C=O) groups is 1. The molecule has 0 radical (unpaired) electrons. The van der Waals surface area contributed by atoms with E-state index in [1.807, 2.05) is 24.3 Å². The summed E-state index contributed by atoms with van der Waals surface area (Å²) < 4.78 is 5.87. The minimum atomic E-state index is -1.41. The molecule has 1 fully saturated rings. The molecule has 0 bridgehead atoms. The Hall–Kier alpha value is -2.41. The highest BCUT2D eigenvalue weighted by Gasteiger charge is 2.15. The van der Waals surface area contributed by atoms with Crippen LogP contribution < -0.4 is 10.5 Å². The first-order valence-corrected chi connectivity index (χ1v) is 10.6. The molecule has 30 heavy (non-hydrogen) atoms.